The Labute approximate surface area is 142 Å². The highest BCUT2D eigenvalue weighted by molar-refractivity contribution is 5.40. The Bertz CT molecular complexity index is 943. The summed E-state index contributed by atoms with van der Waals surface area (Å²) in [4.78, 5) is 19.2. The SMILES string of the molecule is Cc1ccc(CN(C)Cc2cc(=O)n3c(C)cccc3n2)c(C)c1. The minimum absolute atomic E-state index is 0.0204. The second-order valence-electron chi connectivity index (χ2n) is 6.55. The summed E-state index contributed by atoms with van der Waals surface area (Å²) in [6.45, 7) is 7.64. The van der Waals surface area contributed by atoms with Crippen LogP contribution in [-0.2, 0) is 13.1 Å². The molecule has 4 nitrogen and oxygen atoms in total. The smallest absolute Gasteiger partial charge is 0.258 e. The van der Waals surface area contributed by atoms with Crippen molar-refractivity contribution in [2.45, 2.75) is 33.9 Å². The van der Waals surface area contributed by atoms with Crippen molar-refractivity contribution in [3.05, 3.63) is 80.9 Å². The molecule has 0 radical (unpaired) electrons. The zero-order valence-corrected chi connectivity index (χ0v) is 14.7. The van der Waals surface area contributed by atoms with Crippen LogP contribution in [0.25, 0.3) is 5.65 Å². The maximum absolute atomic E-state index is 12.4. The van der Waals surface area contributed by atoms with Crippen molar-refractivity contribution in [1.29, 1.82) is 0 Å². The van der Waals surface area contributed by atoms with Gasteiger partial charge in [-0.05, 0) is 51.1 Å². The summed E-state index contributed by atoms with van der Waals surface area (Å²) < 4.78 is 1.65. The summed E-state index contributed by atoms with van der Waals surface area (Å²) >= 11 is 0. The molecular formula is C20H23N3O. The zero-order chi connectivity index (χ0) is 17.3. The van der Waals surface area contributed by atoms with Gasteiger partial charge in [0.05, 0.1) is 5.69 Å². The Morgan fingerprint density at radius 2 is 1.83 bits per heavy atom. The monoisotopic (exact) mass is 321 g/mol. The molecule has 0 N–H and O–H groups in total. The van der Waals surface area contributed by atoms with Gasteiger partial charge in [-0.3, -0.25) is 14.1 Å². The minimum Gasteiger partial charge on any atom is -0.296 e. The van der Waals surface area contributed by atoms with Gasteiger partial charge in [-0.1, -0.05) is 29.8 Å². The van der Waals surface area contributed by atoms with Gasteiger partial charge in [0.1, 0.15) is 5.65 Å². The summed E-state index contributed by atoms with van der Waals surface area (Å²) in [5.41, 5.74) is 6.27. The van der Waals surface area contributed by atoms with E-state index in [1.54, 1.807) is 10.5 Å². The fraction of sp³-hybridized carbons (Fsp3) is 0.300. The molecule has 2 heterocycles. The average Bonchev–Trinajstić information content (AvgIpc) is 2.50. The highest BCUT2D eigenvalue weighted by atomic mass is 16.1. The Balaban J connectivity index is 1.83. The third-order valence-corrected chi connectivity index (χ3v) is 4.30. The molecular weight excluding hydrogens is 298 g/mol. The van der Waals surface area contributed by atoms with Crippen molar-refractivity contribution >= 4 is 5.65 Å². The largest absolute Gasteiger partial charge is 0.296 e. The topological polar surface area (TPSA) is 37.6 Å². The molecule has 0 aliphatic heterocycles. The molecule has 0 saturated heterocycles. The van der Waals surface area contributed by atoms with Gasteiger partial charge < -0.3 is 0 Å². The van der Waals surface area contributed by atoms with Crippen molar-refractivity contribution in [2.75, 3.05) is 7.05 Å². The molecule has 0 fully saturated rings. The first-order valence-corrected chi connectivity index (χ1v) is 8.17. The summed E-state index contributed by atoms with van der Waals surface area (Å²) in [5.74, 6) is 0. The lowest BCUT2D eigenvalue weighted by Crippen LogP contribution is -2.22. The van der Waals surface area contributed by atoms with Crippen LogP contribution in [0.5, 0.6) is 0 Å². The predicted octanol–water partition coefficient (Wildman–Crippen LogP) is 3.25. The van der Waals surface area contributed by atoms with E-state index < -0.39 is 0 Å². The van der Waals surface area contributed by atoms with Crippen molar-refractivity contribution < 1.29 is 0 Å². The van der Waals surface area contributed by atoms with Gasteiger partial charge in [0.25, 0.3) is 5.56 Å². The average molecular weight is 321 g/mol. The highest BCUT2D eigenvalue weighted by Crippen LogP contribution is 2.13. The third-order valence-electron chi connectivity index (χ3n) is 4.30. The molecule has 124 valence electrons. The first kappa shape index (κ1) is 16.4. The molecule has 24 heavy (non-hydrogen) atoms. The predicted molar refractivity (Wildman–Crippen MR) is 97.3 cm³/mol. The van der Waals surface area contributed by atoms with Crippen LogP contribution in [0.3, 0.4) is 0 Å². The summed E-state index contributed by atoms with van der Waals surface area (Å²) in [6.07, 6.45) is 0. The Kier molecular flexibility index (Phi) is 4.49. The molecule has 3 rings (SSSR count). The fourth-order valence-electron chi connectivity index (χ4n) is 3.09. The zero-order valence-electron chi connectivity index (χ0n) is 14.7. The van der Waals surface area contributed by atoms with E-state index in [1.165, 1.54) is 16.7 Å². The van der Waals surface area contributed by atoms with Crippen molar-refractivity contribution in [3.8, 4) is 0 Å². The van der Waals surface area contributed by atoms with Gasteiger partial charge in [0.15, 0.2) is 0 Å². The van der Waals surface area contributed by atoms with E-state index >= 15 is 0 Å². The van der Waals surface area contributed by atoms with E-state index in [1.807, 2.05) is 25.1 Å². The lowest BCUT2D eigenvalue weighted by molar-refractivity contribution is 0.314. The van der Waals surface area contributed by atoms with E-state index in [2.05, 4.69) is 49.0 Å². The molecule has 0 bridgehead atoms. The minimum atomic E-state index is -0.0204. The molecule has 4 heteroatoms. The normalized spacial score (nSPS) is 11.4. The number of rotatable bonds is 4. The molecule has 1 aromatic carbocycles. The van der Waals surface area contributed by atoms with Gasteiger partial charge >= 0.3 is 0 Å². The number of hydrogen-bond acceptors (Lipinski definition) is 3. The maximum atomic E-state index is 12.4. The number of aryl methyl sites for hydroxylation is 3. The van der Waals surface area contributed by atoms with Crippen LogP contribution in [-0.4, -0.2) is 21.3 Å². The number of pyridine rings is 1. The molecule has 0 unspecified atom stereocenters. The lowest BCUT2D eigenvalue weighted by atomic mass is 10.1. The van der Waals surface area contributed by atoms with E-state index in [9.17, 15) is 4.79 Å². The third kappa shape index (κ3) is 3.39. The van der Waals surface area contributed by atoms with Gasteiger partial charge in [-0.2, -0.15) is 0 Å². The van der Waals surface area contributed by atoms with E-state index in [0.717, 1.165) is 17.9 Å². The van der Waals surface area contributed by atoms with Crippen molar-refractivity contribution in [2.24, 2.45) is 0 Å². The first-order valence-electron chi connectivity index (χ1n) is 8.17. The fourth-order valence-corrected chi connectivity index (χ4v) is 3.09. The molecule has 0 aliphatic rings. The van der Waals surface area contributed by atoms with E-state index in [4.69, 9.17) is 0 Å². The van der Waals surface area contributed by atoms with E-state index in [0.29, 0.717) is 12.2 Å². The highest BCUT2D eigenvalue weighted by Gasteiger charge is 2.08. The van der Waals surface area contributed by atoms with Crippen LogP contribution in [0.2, 0.25) is 0 Å². The van der Waals surface area contributed by atoms with Crippen LogP contribution in [0.1, 0.15) is 28.1 Å². The summed E-state index contributed by atoms with van der Waals surface area (Å²) in [6, 6.07) is 13.9. The van der Waals surface area contributed by atoms with Crippen LogP contribution < -0.4 is 5.56 Å². The van der Waals surface area contributed by atoms with Crippen molar-refractivity contribution in [1.82, 2.24) is 14.3 Å². The second kappa shape index (κ2) is 6.57. The number of nitrogens with zero attached hydrogens (tertiary/aromatic N) is 3. The van der Waals surface area contributed by atoms with E-state index in [-0.39, 0.29) is 5.56 Å². The number of aromatic nitrogens is 2. The molecule has 3 aromatic rings. The van der Waals surface area contributed by atoms with Crippen LogP contribution in [0, 0.1) is 20.8 Å². The van der Waals surface area contributed by atoms with Crippen LogP contribution >= 0.6 is 0 Å². The first-order chi connectivity index (χ1) is 11.4. The Morgan fingerprint density at radius 1 is 1.04 bits per heavy atom. The molecule has 0 saturated carbocycles. The molecule has 0 atom stereocenters. The maximum Gasteiger partial charge on any atom is 0.258 e. The molecule has 0 spiro atoms. The van der Waals surface area contributed by atoms with Gasteiger partial charge in [0, 0.05) is 24.8 Å². The molecule has 0 amide bonds. The molecule has 2 aromatic heterocycles. The van der Waals surface area contributed by atoms with Crippen LogP contribution in [0.4, 0.5) is 0 Å². The number of hydrogen-bond donors (Lipinski definition) is 0. The lowest BCUT2D eigenvalue weighted by Gasteiger charge is -2.18. The molecule has 0 aliphatic carbocycles. The number of fused-ring (bicyclic) bond motifs is 1. The van der Waals surface area contributed by atoms with Crippen LogP contribution in [0.15, 0.2) is 47.3 Å². The summed E-state index contributed by atoms with van der Waals surface area (Å²) in [5, 5.41) is 0. The Morgan fingerprint density at radius 3 is 2.58 bits per heavy atom. The van der Waals surface area contributed by atoms with Gasteiger partial charge in [-0.25, -0.2) is 4.98 Å². The quantitative estimate of drug-likeness (QED) is 0.740. The second-order valence-corrected chi connectivity index (χ2v) is 6.55. The van der Waals surface area contributed by atoms with Crippen molar-refractivity contribution in [3.63, 3.8) is 0 Å². The summed E-state index contributed by atoms with van der Waals surface area (Å²) in [7, 11) is 2.05. The van der Waals surface area contributed by atoms with Gasteiger partial charge in [-0.15, -0.1) is 0 Å². The van der Waals surface area contributed by atoms with Gasteiger partial charge in [0.2, 0.25) is 0 Å². The Hall–Kier alpha value is -2.46. The standard InChI is InChI=1S/C20H23N3O/c1-14-8-9-17(15(2)10-14)12-22(4)13-18-11-20(24)23-16(3)6-5-7-19(23)21-18/h5-11H,12-13H2,1-4H3. The number of benzene rings is 1.